The van der Waals surface area contributed by atoms with Crippen LogP contribution in [0.2, 0.25) is 0 Å². The zero-order chi connectivity index (χ0) is 56.3. The van der Waals surface area contributed by atoms with Crippen LogP contribution in [0.15, 0.2) is 48.1 Å². The van der Waals surface area contributed by atoms with Gasteiger partial charge in [0.2, 0.25) is 0 Å². The third-order valence-electron chi connectivity index (χ3n) is 19.7. The standard InChI is InChI=1S/C58H86O20/c1-30-47(61)52(69-11)48(62)53(73-30)78-51-33(4)72-46(28-40(51)68-10)77-50-32(3)71-45(27-39(50)67-9)76-49-31(2)70-44(26-38(49)66-8)74-37-20-21-54(6)36(25-37)19-22-57(64)41(54)29-42(75-43(60)18-17-35-15-13-12-14-16-35)55(7)56(63,34(5)59)23-24-58(55,57)65/h12-19,30-33,37-42,44-53,61-65H,20-29H2,1-11H3/b18-17+/t30-,31-,32-,33-,37+,38+,39+,40-,41-,42-,44+,45+,46+,47+,48-,49-,50-,51-,52+,53+,54+,55-,56+,57+,58-/m1/s1. The molecule has 4 aliphatic carbocycles. The number of hydrogen-bond acceptors (Lipinski definition) is 20. The fourth-order valence-corrected chi connectivity index (χ4v) is 15.0. The van der Waals surface area contributed by atoms with Crippen molar-refractivity contribution in [2.24, 2.45) is 16.7 Å². The van der Waals surface area contributed by atoms with Gasteiger partial charge in [-0.3, -0.25) is 4.79 Å². The maximum Gasteiger partial charge on any atom is 0.331 e. The lowest BCUT2D eigenvalue weighted by molar-refractivity contribution is -0.356. The Morgan fingerprint density at radius 3 is 1.74 bits per heavy atom. The van der Waals surface area contributed by atoms with Crippen LogP contribution in [-0.2, 0) is 71.2 Å². The molecule has 0 spiro atoms. The number of aliphatic hydroxyl groups excluding tert-OH is 2. The van der Waals surface area contributed by atoms with Gasteiger partial charge in [0.25, 0.3) is 0 Å². The summed E-state index contributed by atoms with van der Waals surface area (Å²) in [6.07, 6.45) is -5.13. The Morgan fingerprint density at radius 1 is 0.654 bits per heavy atom. The van der Waals surface area contributed by atoms with Gasteiger partial charge in [-0.1, -0.05) is 48.9 Å². The second kappa shape index (κ2) is 23.4. The molecule has 4 heterocycles. The number of methoxy groups -OCH3 is 4. The molecule has 4 saturated heterocycles. The molecular weight excluding hydrogens is 1020 g/mol. The van der Waals surface area contributed by atoms with E-state index in [2.05, 4.69) is 6.92 Å². The van der Waals surface area contributed by atoms with Crippen LogP contribution in [-0.4, -0.2) is 199 Å². The molecule has 1 aromatic rings. The Bertz CT molecular complexity index is 2300. The summed E-state index contributed by atoms with van der Waals surface area (Å²) in [5, 5.41) is 59.5. The Labute approximate surface area is 458 Å². The Balaban J connectivity index is 0.810. The topological polar surface area (TPSA) is 255 Å². The smallest absolute Gasteiger partial charge is 0.331 e. The molecule has 25 atom stereocenters. The highest BCUT2D eigenvalue weighted by molar-refractivity contribution is 5.88. The number of carbonyl (C=O) groups excluding carboxylic acids is 2. The third-order valence-corrected chi connectivity index (χ3v) is 19.7. The van der Waals surface area contributed by atoms with Gasteiger partial charge in [-0.15, -0.1) is 0 Å². The second-order valence-electron chi connectivity index (χ2n) is 23.7. The van der Waals surface area contributed by atoms with E-state index >= 15 is 0 Å². The van der Waals surface area contributed by atoms with E-state index in [4.69, 9.17) is 61.6 Å². The highest BCUT2D eigenvalue weighted by Gasteiger charge is 2.81. The SMILES string of the molecule is CO[C@H]1[C@@H](O)[C@@H](C)O[C@@H](O[C@@H]2[C@@H](C)O[C@@H](O[C@H]3[C@@H](OC)C[C@H](O[C@H]4[C@@H](OC)C[C@H](O[C@H]5CC[C@@]6(C)C(=CC[C@]7(O)[C@@H]6C[C@@H](OC(=O)/C=C/c6ccccc6)[C@@]6(C)[C@]7(O)CC[C@]6(O)C(C)=O)C5)O[C@@H]4C)O[C@@H]3C)C[C@H]2OC)[C@@H]1O. The lowest BCUT2D eigenvalue weighted by Gasteiger charge is -2.67. The van der Waals surface area contributed by atoms with Crippen molar-refractivity contribution in [1.82, 2.24) is 0 Å². The average molecular weight is 1100 g/mol. The van der Waals surface area contributed by atoms with Gasteiger partial charge in [-0.05, 0) is 104 Å². The van der Waals surface area contributed by atoms with Crippen LogP contribution in [0.4, 0.5) is 0 Å². The minimum absolute atomic E-state index is 0.0552. The molecule has 438 valence electrons. The third kappa shape index (κ3) is 10.5. The van der Waals surface area contributed by atoms with E-state index in [1.54, 1.807) is 41.3 Å². The maximum absolute atomic E-state index is 13.6. The molecule has 5 N–H and O–H groups in total. The molecule has 20 heteroatoms. The van der Waals surface area contributed by atoms with E-state index < -0.39 is 156 Å². The Hall–Kier alpha value is -2.84. The molecule has 0 aromatic heterocycles. The van der Waals surface area contributed by atoms with Gasteiger partial charge in [0.15, 0.2) is 30.9 Å². The lowest BCUT2D eigenvalue weighted by Crippen LogP contribution is -2.78. The van der Waals surface area contributed by atoms with Gasteiger partial charge < -0.3 is 87.1 Å². The van der Waals surface area contributed by atoms with Crippen LogP contribution in [0.5, 0.6) is 0 Å². The number of ether oxygens (including phenoxy) is 13. The predicted octanol–water partition coefficient (Wildman–Crippen LogP) is 4.21. The molecule has 0 amide bonds. The van der Waals surface area contributed by atoms with E-state index in [0.717, 1.165) is 11.1 Å². The summed E-state index contributed by atoms with van der Waals surface area (Å²) < 4.78 is 81.0. The first-order chi connectivity index (χ1) is 37.0. The molecule has 20 nitrogen and oxygen atoms in total. The number of rotatable bonds is 16. The molecule has 8 aliphatic rings. The average Bonchev–Trinajstić information content (AvgIpc) is 3.72. The molecule has 0 bridgehead atoms. The van der Waals surface area contributed by atoms with Crippen molar-refractivity contribution in [1.29, 1.82) is 0 Å². The van der Waals surface area contributed by atoms with E-state index in [1.165, 1.54) is 20.1 Å². The number of ketones is 1. The largest absolute Gasteiger partial charge is 0.458 e. The minimum atomic E-state index is -2.05. The number of Topliss-reactive ketones (excluding diaryl/α,β-unsaturated/α-hetero) is 1. The van der Waals surface area contributed by atoms with Crippen LogP contribution >= 0.6 is 0 Å². The van der Waals surface area contributed by atoms with Gasteiger partial charge in [-0.2, -0.15) is 0 Å². The number of carbonyl (C=O) groups is 2. The van der Waals surface area contributed by atoms with Crippen molar-refractivity contribution in [3.05, 3.63) is 53.6 Å². The van der Waals surface area contributed by atoms with Gasteiger partial charge >= 0.3 is 5.97 Å². The van der Waals surface area contributed by atoms with Gasteiger partial charge in [0.05, 0.1) is 54.2 Å². The summed E-state index contributed by atoms with van der Waals surface area (Å²) in [7, 11) is 6.24. The number of fused-ring (bicyclic) bond motifs is 5. The fraction of sp³-hybridized carbons (Fsp3) is 0.793. The fourth-order valence-electron chi connectivity index (χ4n) is 15.0. The van der Waals surface area contributed by atoms with Crippen LogP contribution < -0.4 is 0 Å². The first kappa shape index (κ1) is 59.8. The van der Waals surface area contributed by atoms with Crippen molar-refractivity contribution in [3.63, 3.8) is 0 Å². The molecule has 9 rings (SSSR count). The van der Waals surface area contributed by atoms with E-state index in [-0.39, 0.29) is 31.8 Å². The summed E-state index contributed by atoms with van der Waals surface area (Å²) in [4.78, 5) is 27.0. The molecule has 0 unspecified atom stereocenters. The molecular formula is C58H86O20. The van der Waals surface area contributed by atoms with Gasteiger partial charge in [0, 0.05) is 59.7 Å². The van der Waals surface area contributed by atoms with Crippen LogP contribution in [0.3, 0.4) is 0 Å². The normalized spacial score (nSPS) is 48.6. The first-order valence-corrected chi connectivity index (χ1v) is 28.0. The first-order valence-electron chi connectivity index (χ1n) is 28.0. The molecule has 1 aromatic carbocycles. The summed E-state index contributed by atoms with van der Waals surface area (Å²) in [5.41, 5.74) is -6.29. The molecule has 7 fully saturated rings. The van der Waals surface area contributed by atoms with Crippen LogP contribution in [0, 0.1) is 16.7 Å². The zero-order valence-corrected chi connectivity index (χ0v) is 47.1. The number of esters is 1. The summed E-state index contributed by atoms with van der Waals surface area (Å²) in [5.74, 6) is -1.82. The molecule has 0 radical (unpaired) electrons. The number of hydrogen-bond donors (Lipinski definition) is 5. The summed E-state index contributed by atoms with van der Waals surface area (Å²) in [6.45, 7) is 12.3. The molecule has 4 aliphatic heterocycles. The summed E-state index contributed by atoms with van der Waals surface area (Å²) >= 11 is 0. The maximum atomic E-state index is 13.6. The lowest BCUT2D eigenvalue weighted by atomic mass is 9.42. The highest BCUT2D eigenvalue weighted by Crippen LogP contribution is 2.71. The molecule has 3 saturated carbocycles. The quantitative estimate of drug-likeness (QED) is 0.0883. The summed E-state index contributed by atoms with van der Waals surface area (Å²) in [6, 6.07) is 9.29. The van der Waals surface area contributed by atoms with E-state index in [1.807, 2.05) is 57.2 Å². The van der Waals surface area contributed by atoms with E-state index in [0.29, 0.717) is 38.5 Å². The van der Waals surface area contributed by atoms with Crippen LogP contribution in [0.25, 0.3) is 6.08 Å². The molecule has 78 heavy (non-hydrogen) atoms. The van der Waals surface area contributed by atoms with Crippen LogP contribution in [0.1, 0.15) is 118 Å². The highest BCUT2D eigenvalue weighted by atomic mass is 16.8. The van der Waals surface area contributed by atoms with E-state index in [9.17, 15) is 35.1 Å². The van der Waals surface area contributed by atoms with Crippen molar-refractivity contribution in [2.75, 3.05) is 28.4 Å². The number of benzene rings is 1. The van der Waals surface area contributed by atoms with Crippen molar-refractivity contribution >= 4 is 17.8 Å². The van der Waals surface area contributed by atoms with Gasteiger partial charge in [0.1, 0.15) is 59.5 Å². The Morgan fingerprint density at radius 2 is 1.21 bits per heavy atom. The van der Waals surface area contributed by atoms with Crippen molar-refractivity contribution in [3.8, 4) is 0 Å². The number of aliphatic hydroxyl groups is 5. The second-order valence-corrected chi connectivity index (χ2v) is 23.7. The van der Waals surface area contributed by atoms with Crippen molar-refractivity contribution < 1.29 is 96.7 Å². The predicted molar refractivity (Wildman–Crippen MR) is 277 cm³/mol. The Kier molecular flexibility index (Phi) is 18.0. The van der Waals surface area contributed by atoms with Gasteiger partial charge in [-0.25, -0.2) is 4.79 Å². The zero-order valence-electron chi connectivity index (χ0n) is 47.1. The minimum Gasteiger partial charge on any atom is -0.458 e. The monoisotopic (exact) mass is 1100 g/mol. The van der Waals surface area contributed by atoms with Crippen molar-refractivity contribution in [2.45, 2.75) is 246 Å².